The van der Waals surface area contributed by atoms with Crippen molar-refractivity contribution in [2.24, 2.45) is 0 Å². The quantitative estimate of drug-likeness (QED) is 0.616. The minimum Gasteiger partial charge on any atom is -0.480 e. The molecule has 2 aliphatic rings. The molecular weight excluding hydrogens is 503 g/mol. The van der Waals surface area contributed by atoms with E-state index in [2.05, 4.69) is 0 Å². The summed E-state index contributed by atoms with van der Waals surface area (Å²) in [4.78, 5) is 29.0. The highest BCUT2D eigenvalue weighted by atomic mass is 35.5. The second kappa shape index (κ2) is 10.2. The number of sulfone groups is 1. The summed E-state index contributed by atoms with van der Waals surface area (Å²) in [5, 5.41) is 9.35. The topological polar surface area (TPSA) is 104 Å². The number of amides is 1. The molecule has 1 amide bonds. The van der Waals surface area contributed by atoms with Gasteiger partial charge in [0.05, 0.1) is 28.4 Å². The first-order valence-corrected chi connectivity index (χ1v) is 13.1. The zero-order valence-corrected chi connectivity index (χ0v) is 20.5. The molecule has 0 aromatic heterocycles. The van der Waals surface area contributed by atoms with Gasteiger partial charge in [0.2, 0.25) is 5.91 Å². The Bertz CT molecular complexity index is 1170. The van der Waals surface area contributed by atoms with Crippen molar-refractivity contribution in [3.8, 4) is 0 Å². The third kappa shape index (κ3) is 4.94. The van der Waals surface area contributed by atoms with Crippen LogP contribution in [0.3, 0.4) is 0 Å². The number of ether oxygens (including phenoxy) is 1. The van der Waals surface area contributed by atoms with E-state index in [1.54, 1.807) is 36.4 Å². The maximum Gasteiger partial charge on any atom is 0.326 e. The van der Waals surface area contributed by atoms with Crippen molar-refractivity contribution in [1.82, 2.24) is 9.80 Å². The number of carboxylic acids is 1. The number of carbonyl (C=O) groups is 2. The van der Waals surface area contributed by atoms with Crippen LogP contribution in [-0.4, -0.2) is 79.3 Å². The van der Waals surface area contributed by atoms with Gasteiger partial charge in [0.1, 0.15) is 12.1 Å². The number of hydrogen-bond donors (Lipinski definition) is 1. The fourth-order valence-corrected chi connectivity index (χ4v) is 6.85. The number of rotatable bonds is 6. The molecular formula is C23H24Cl2N2O6S. The van der Waals surface area contributed by atoms with Crippen molar-refractivity contribution in [3.63, 3.8) is 0 Å². The zero-order chi connectivity index (χ0) is 24.5. The van der Waals surface area contributed by atoms with Crippen molar-refractivity contribution in [1.29, 1.82) is 0 Å². The molecule has 0 saturated carbocycles. The van der Waals surface area contributed by atoms with Crippen LogP contribution in [0, 0.1) is 0 Å². The lowest BCUT2D eigenvalue weighted by molar-refractivity contribution is -0.151. The lowest BCUT2D eigenvalue weighted by Gasteiger charge is -2.36. The summed E-state index contributed by atoms with van der Waals surface area (Å²) in [5.74, 6) is -1.71. The maximum atomic E-state index is 13.8. The Balaban J connectivity index is 1.68. The van der Waals surface area contributed by atoms with Gasteiger partial charge in [-0.1, -0.05) is 47.5 Å². The number of nitrogens with zero attached hydrogens (tertiary/aromatic N) is 2. The third-order valence-corrected chi connectivity index (χ3v) is 9.13. The minimum atomic E-state index is -3.96. The number of morpholine rings is 1. The van der Waals surface area contributed by atoms with Gasteiger partial charge in [-0.2, -0.15) is 0 Å². The molecule has 2 heterocycles. The van der Waals surface area contributed by atoms with Crippen molar-refractivity contribution in [2.45, 2.75) is 28.6 Å². The van der Waals surface area contributed by atoms with Gasteiger partial charge in [-0.15, -0.1) is 0 Å². The van der Waals surface area contributed by atoms with E-state index < -0.39 is 39.0 Å². The highest BCUT2D eigenvalue weighted by molar-refractivity contribution is 7.92. The van der Waals surface area contributed by atoms with E-state index in [1.807, 2.05) is 4.90 Å². The van der Waals surface area contributed by atoms with E-state index in [1.165, 1.54) is 17.0 Å². The number of benzene rings is 2. The Hall–Kier alpha value is -2.17. The Morgan fingerprint density at radius 2 is 1.68 bits per heavy atom. The standard InChI is InChI=1S/C23H24Cl2N2O6S/c24-16-7-5-15(6-8-16)21(26-9-11-33-12-10-26)22(28)27-14-17(13-19(27)23(29)30)34(31,32)20-4-2-1-3-18(20)25/h1-8,17,19,21H,9-14H2,(H,29,30)/t17-,19+,21?/m1/s1. The summed E-state index contributed by atoms with van der Waals surface area (Å²) < 4.78 is 32.0. The summed E-state index contributed by atoms with van der Waals surface area (Å²) in [6.07, 6.45) is -0.217. The first-order chi connectivity index (χ1) is 16.2. The molecule has 182 valence electrons. The molecule has 2 saturated heterocycles. The van der Waals surface area contributed by atoms with Crippen molar-refractivity contribution in [3.05, 3.63) is 64.1 Å². The second-order valence-electron chi connectivity index (χ2n) is 8.28. The van der Waals surface area contributed by atoms with Gasteiger partial charge < -0.3 is 14.7 Å². The molecule has 2 aromatic carbocycles. The normalized spacial score (nSPS) is 22.5. The monoisotopic (exact) mass is 526 g/mol. The van der Waals surface area contributed by atoms with Gasteiger partial charge in [0, 0.05) is 24.7 Å². The average Bonchev–Trinajstić information content (AvgIpc) is 3.28. The molecule has 0 radical (unpaired) electrons. The number of hydrogen-bond acceptors (Lipinski definition) is 6. The van der Waals surface area contributed by atoms with Gasteiger partial charge in [-0.05, 0) is 36.2 Å². The molecule has 3 atom stereocenters. The molecule has 0 spiro atoms. The summed E-state index contributed by atoms with van der Waals surface area (Å²) in [6.45, 7) is 1.59. The predicted octanol–water partition coefficient (Wildman–Crippen LogP) is 2.89. The minimum absolute atomic E-state index is 0.0616. The largest absolute Gasteiger partial charge is 0.480 e. The molecule has 11 heteroatoms. The molecule has 2 aromatic rings. The molecule has 0 aliphatic carbocycles. The number of carboxylic acid groups (broad SMARTS) is 1. The highest BCUT2D eigenvalue weighted by Gasteiger charge is 2.48. The Labute approximate surface area is 207 Å². The Morgan fingerprint density at radius 1 is 1.03 bits per heavy atom. The number of aliphatic carboxylic acids is 1. The van der Waals surface area contributed by atoms with Gasteiger partial charge in [-0.3, -0.25) is 9.69 Å². The molecule has 0 bridgehead atoms. The van der Waals surface area contributed by atoms with Crippen LogP contribution < -0.4 is 0 Å². The molecule has 2 fully saturated rings. The van der Waals surface area contributed by atoms with Crippen LogP contribution in [0.2, 0.25) is 10.0 Å². The van der Waals surface area contributed by atoms with E-state index in [0.717, 1.165) is 0 Å². The number of likely N-dealkylation sites (tertiary alicyclic amines) is 1. The zero-order valence-electron chi connectivity index (χ0n) is 18.1. The van der Waals surface area contributed by atoms with Crippen molar-refractivity contribution < 1.29 is 27.9 Å². The van der Waals surface area contributed by atoms with E-state index in [0.29, 0.717) is 36.9 Å². The van der Waals surface area contributed by atoms with Crippen molar-refractivity contribution in [2.75, 3.05) is 32.8 Å². The molecule has 1 N–H and O–H groups in total. The smallest absolute Gasteiger partial charge is 0.326 e. The summed E-state index contributed by atoms with van der Waals surface area (Å²) in [7, 11) is -3.96. The fraction of sp³-hybridized carbons (Fsp3) is 0.391. The molecule has 1 unspecified atom stereocenters. The summed E-state index contributed by atoms with van der Waals surface area (Å²) in [5.41, 5.74) is 0.651. The van der Waals surface area contributed by atoms with E-state index in [9.17, 15) is 23.1 Å². The van der Waals surface area contributed by atoms with Crippen LogP contribution in [0.5, 0.6) is 0 Å². The van der Waals surface area contributed by atoms with Gasteiger partial charge in [0.25, 0.3) is 0 Å². The van der Waals surface area contributed by atoms with Gasteiger partial charge in [0.15, 0.2) is 9.84 Å². The lowest BCUT2D eigenvalue weighted by Crippen LogP contribution is -2.50. The predicted molar refractivity (Wildman–Crippen MR) is 127 cm³/mol. The Kier molecular flexibility index (Phi) is 7.49. The molecule has 4 rings (SSSR count). The van der Waals surface area contributed by atoms with Crippen LogP contribution >= 0.6 is 23.2 Å². The second-order valence-corrected chi connectivity index (χ2v) is 11.3. The maximum absolute atomic E-state index is 13.8. The van der Waals surface area contributed by atoms with Crippen molar-refractivity contribution >= 4 is 44.9 Å². The number of carbonyl (C=O) groups excluding carboxylic acids is 1. The molecule has 8 nitrogen and oxygen atoms in total. The third-order valence-electron chi connectivity index (χ3n) is 6.24. The van der Waals surface area contributed by atoms with E-state index in [-0.39, 0.29) is 22.9 Å². The van der Waals surface area contributed by atoms with Crippen LogP contribution in [0.15, 0.2) is 53.4 Å². The van der Waals surface area contributed by atoms with Gasteiger partial charge >= 0.3 is 5.97 Å². The first kappa shape index (κ1) is 24.9. The lowest BCUT2D eigenvalue weighted by atomic mass is 10.0. The van der Waals surface area contributed by atoms with Crippen LogP contribution in [0.4, 0.5) is 0 Å². The highest BCUT2D eigenvalue weighted by Crippen LogP contribution is 2.34. The van der Waals surface area contributed by atoms with Crippen LogP contribution in [0.25, 0.3) is 0 Å². The van der Waals surface area contributed by atoms with Crippen LogP contribution in [0.1, 0.15) is 18.0 Å². The van der Waals surface area contributed by atoms with Crippen LogP contribution in [-0.2, 0) is 24.2 Å². The first-order valence-electron chi connectivity index (χ1n) is 10.8. The Morgan fingerprint density at radius 3 is 2.29 bits per heavy atom. The summed E-state index contributed by atoms with van der Waals surface area (Å²) >= 11 is 12.2. The average molecular weight is 527 g/mol. The molecule has 34 heavy (non-hydrogen) atoms. The van der Waals surface area contributed by atoms with E-state index in [4.69, 9.17) is 27.9 Å². The van der Waals surface area contributed by atoms with E-state index >= 15 is 0 Å². The SMILES string of the molecule is O=C(O)[C@@H]1C[C@@H](S(=O)(=O)c2ccccc2Cl)CN1C(=O)C(c1ccc(Cl)cc1)N1CCOCC1. The van der Waals surface area contributed by atoms with Gasteiger partial charge in [-0.25, -0.2) is 13.2 Å². The fourth-order valence-electron chi connectivity index (χ4n) is 4.50. The molecule has 2 aliphatic heterocycles. The number of halogens is 2. The summed E-state index contributed by atoms with van der Waals surface area (Å²) in [6, 6.07) is 10.8.